The van der Waals surface area contributed by atoms with Gasteiger partial charge in [0.2, 0.25) is 0 Å². The van der Waals surface area contributed by atoms with Crippen molar-refractivity contribution < 1.29 is 9.53 Å². The number of nitrogens with one attached hydrogen (secondary N) is 2. The van der Waals surface area contributed by atoms with Crippen LogP contribution in [0.2, 0.25) is 0 Å². The van der Waals surface area contributed by atoms with Crippen LogP contribution in [0, 0.1) is 0 Å². The van der Waals surface area contributed by atoms with Gasteiger partial charge in [-0.2, -0.15) is 0 Å². The molecule has 1 aliphatic heterocycles. The fourth-order valence-electron chi connectivity index (χ4n) is 4.23. The summed E-state index contributed by atoms with van der Waals surface area (Å²) in [6, 6.07) is 4.78. The van der Waals surface area contributed by atoms with Gasteiger partial charge >= 0.3 is 0 Å². The van der Waals surface area contributed by atoms with E-state index in [1.165, 1.54) is 18.5 Å². The molecule has 3 heterocycles. The van der Waals surface area contributed by atoms with Gasteiger partial charge in [-0.05, 0) is 58.2 Å². The Labute approximate surface area is 184 Å². The molecule has 1 saturated carbocycles. The van der Waals surface area contributed by atoms with Crippen LogP contribution >= 0.6 is 24.8 Å². The summed E-state index contributed by atoms with van der Waals surface area (Å²) >= 11 is 0. The maximum absolute atomic E-state index is 12.2. The highest BCUT2D eigenvalue weighted by atomic mass is 35.5. The molecular formula is C20H31Cl2N5O2. The van der Waals surface area contributed by atoms with Crippen molar-refractivity contribution in [2.75, 3.05) is 25.5 Å². The number of aromatic nitrogens is 2. The lowest BCUT2D eigenvalue weighted by molar-refractivity contribution is -0.123. The number of H-pyrrole nitrogens is 1. The Kier molecular flexibility index (Phi) is 8.73. The molecule has 0 aromatic carbocycles. The van der Waals surface area contributed by atoms with Crippen molar-refractivity contribution >= 4 is 47.4 Å². The lowest BCUT2D eigenvalue weighted by Gasteiger charge is -2.25. The largest absolute Gasteiger partial charge is 0.368 e. The van der Waals surface area contributed by atoms with Gasteiger partial charge in [-0.3, -0.25) is 9.69 Å². The molecule has 0 radical (unpaired) electrons. The summed E-state index contributed by atoms with van der Waals surface area (Å²) in [5.74, 6) is 0.383. The summed E-state index contributed by atoms with van der Waals surface area (Å²) in [5.41, 5.74) is 8.12. The normalized spacial score (nSPS) is 24.7. The van der Waals surface area contributed by atoms with E-state index >= 15 is 0 Å². The zero-order valence-corrected chi connectivity index (χ0v) is 18.4. The minimum absolute atomic E-state index is 0. The third-order valence-electron chi connectivity index (χ3n) is 5.84. The van der Waals surface area contributed by atoms with E-state index < -0.39 is 0 Å². The molecule has 4 rings (SSSR count). The zero-order valence-electron chi connectivity index (χ0n) is 16.7. The average molecular weight is 444 g/mol. The van der Waals surface area contributed by atoms with Crippen LogP contribution in [0.1, 0.15) is 50.3 Å². The van der Waals surface area contributed by atoms with E-state index in [4.69, 9.17) is 10.5 Å². The number of hydrogen-bond donors (Lipinski definition) is 3. The molecule has 1 atom stereocenters. The van der Waals surface area contributed by atoms with Gasteiger partial charge in [0.05, 0.1) is 11.6 Å². The SMILES string of the molecule is CN1CCC[C@@H]1c1cc2cnc(NC(=O)COC3CCC(N)CC3)cc2[nH]1.Cl.Cl. The fourth-order valence-corrected chi connectivity index (χ4v) is 4.23. The van der Waals surface area contributed by atoms with Crippen LogP contribution in [0.3, 0.4) is 0 Å². The van der Waals surface area contributed by atoms with Crippen LogP contribution in [-0.2, 0) is 9.53 Å². The first-order chi connectivity index (χ1) is 13.1. The number of nitrogens with two attached hydrogens (primary N) is 1. The molecule has 2 aromatic rings. The second-order valence-corrected chi connectivity index (χ2v) is 7.92. The first-order valence-corrected chi connectivity index (χ1v) is 9.94. The molecule has 7 nitrogen and oxygen atoms in total. The van der Waals surface area contributed by atoms with Gasteiger partial charge in [0.1, 0.15) is 12.4 Å². The molecule has 0 spiro atoms. The number of likely N-dealkylation sites (tertiary alicyclic amines) is 1. The molecule has 0 bridgehead atoms. The van der Waals surface area contributed by atoms with E-state index in [0.717, 1.165) is 43.1 Å². The van der Waals surface area contributed by atoms with Crippen molar-refractivity contribution in [1.29, 1.82) is 0 Å². The van der Waals surface area contributed by atoms with Gasteiger partial charge in [0.25, 0.3) is 5.91 Å². The Bertz CT molecular complexity index is 807. The quantitative estimate of drug-likeness (QED) is 0.657. The monoisotopic (exact) mass is 443 g/mol. The highest BCUT2D eigenvalue weighted by Gasteiger charge is 2.24. The lowest BCUT2D eigenvalue weighted by atomic mass is 9.94. The third-order valence-corrected chi connectivity index (χ3v) is 5.84. The molecule has 0 unspecified atom stereocenters. The Morgan fingerprint density at radius 2 is 2.03 bits per heavy atom. The smallest absolute Gasteiger partial charge is 0.251 e. The predicted octanol–water partition coefficient (Wildman–Crippen LogP) is 3.40. The van der Waals surface area contributed by atoms with Crippen molar-refractivity contribution in [3.05, 3.63) is 24.0 Å². The Balaban J connectivity index is 0.00000150. The van der Waals surface area contributed by atoms with Crippen molar-refractivity contribution in [2.24, 2.45) is 5.73 Å². The molecule has 4 N–H and O–H groups in total. The lowest BCUT2D eigenvalue weighted by Crippen LogP contribution is -2.32. The molecular weight excluding hydrogens is 413 g/mol. The molecule has 9 heteroatoms. The predicted molar refractivity (Wildman–Crippen MR) is 120 cm³/mol. The Hall–Kier alpha value is -1.38. The minimum atomic E-state index is -0.168. The van der Waals surface area contributed by atoms with E-state index in [0.29, 0.717) is 11.9 Å². The van der Waals surface area contributed by atoms with Gasteiger partial charge in [-0.1, -0.05) is 0 Å². The van der Waals surface area contributed by atoms with Crippen molar-refractivity contribution in [2.45, 2.75) is 56.7 Å². The number of carbonyl (C=O) groups excluding carboxylic acids is 1. The standard InChI is InChI=1S/C20H29N5O2.2ClH/c1-25-8-2-3-18(25)17-9-13-11-22-19(10-16(13)23-17)24-20(26)12-27-15-6-4-14(21)5-7-15;;/h9-11,14-15,18,23H,2-8,12,21H2,1H3,(H,22,24,26);2*1H/t14?,15?,18-;;/m1../s1. The highest BCUT2D eigenvalue weighted by molar-refractivity contribution is 5.93. The number of hydrogen-bond acceptors (Lipinski definition) is 5. The minimum Gasteiger partial charge on any atom is -0.368 e. The van der Waals surface area contributed by atoms with E-state index in [-0.39, 0.29) is 49.5 Å². The number of rotatable bonds is 5. The average Bonchev–Trinajstić information content (AvgIpc) is 3.26. The van der Waals surface area contributed by atoms with Crippen LogP contribution in [0.15, 0.2) is 18.3 Å². The molecule has 1 amide bonds. The number of amides is 1. The second-order valence-electron chi connectivity index (χ2n) is 7.92. The van der Waals surface area contributed by atoms with E-state index in [1.54, 1.807) is 0 Å². The number of fused-ring (bicyclic) bond motifs is 1. The summed E-state index contributed by atoms with van der Waals surface area (Å²) in [6.45, 7) is 1.19. The van der Waals surface area contributed by atoms with Crippen molar-refractivity contribution in [3.8, 4) is 0 Å². The summed E-state index contributed by atoms with van der Waals surface area (Å²) < 4.78 is 5.73. The highest BCUT2D eigenvalue weighted by Crippen LogP contribution is 2.32. The molecule has 162 valence electrons. The number of halogens is 2. The number of carbonyl (C=O) groups is 1. The maximum Gasteiger partial charge on any atom is 0.251 e. The molecule has 2 aromatic heterocycles. The van der Waals surface area contributed by atoms with Gasteiger partial charge in [0.15, 0.2) is 0 Å². The summed E-state index contributed by atoms with van der Waals surface area (Å²) in [6.07, 6.45) is 8.14. The van der Waals surface area contributed by atoms with E-state index in [9.17, 15) is 4.79 Å². The van der Waals surface area contributed by atoms with Crippen molar-refractivity contribution in [3.63, 3.8) is 0 Å². The van der Waals surface area contributed by atoms with Crippen LogP contribution < -0.4 is 11.1 Å². The summed E-state index contributed by atoms with van der Waals surface area (Å²) in [4.78, 5) is 22.4. The molecule has 2 fully saturated rings. The number of anilines is 1. The summed E-state index contributed by atoms with van der Waals surface area (Å²) in [7, 11) is 2.16. The van der Waals surface area contributed by atoms with E-state index in [1.807, 2.05) is 12.3 Å². The fraction of sp³-hybridized carbons (Fsp3) is 0.600. The first kappa shape index (κ1) is 23.9. The van der Waals surface area contributed by atoms with Gasteiger partial charge in [0, 0.05) is 35.4 Å². The molecule has 29 heavy (non-hydrogen) atoms. The molecule has 1 saturated heterocycles. The van der Waals surface area contributed by atoms with Crippen LogP contribution in [0.25, 0.3) is 10.9 Å². The second kappa shape index (κ2) is 10.6. The summed E-state index contributed by atoms with van der Waals surface area (Å²) in [5, 5.41) is 3.91. The van der Waals surface area contributed by atoms with Crippen molar-refractivity contribution in [1.82, 2.24) is 14.9 Å². The first-order valence-electron chi connectivity index (χ1n) is 9.94. The zero-order chi connectivity index (χ0) is 18.8. The number of nitrogens with zero attached hydrogens (tertiary/aromatic N) is 2. The third kappa shape index (κ3) is 5.83. The number of aromatic amines is 1. The number of ether oxygens (including phenoxy) is 1. The Morgan fingerprint density at radius 3 is 2.72 bits per heavy atom. The van der Waals surface area contributed by atoms with Crippen LogP contribution in [-0.4, -0.2) is 53.1 Å². The Morgan fingerprint density at radius 1 is 1.28 bits per heavy atom. The van der Waals surface area contributed by atoms with Gasteiger partial charge in [-0.25, -0.2) is 4.98 Å². The van der Waals surface area contributed by atoms with E-state index in [2.05, 4.69) is 33.3 Å². The maximum atomic E-state index is 12.2. The van der Waals surface area contributed by atoms with Gasteiger partial charge < -0.3 is 20.8 Å². The molecule has 2 aliphatic rings. The van der Waals surface area contributed by atoms with Crippen LogP contribution in [0.4, 0.5) is 5.82 Å². The molecule has 1 aliphatic carbocycles. The van der Waals surface area contributed by atoms with Crippen LogP contribution in [0.5, 0.6) is 0 Å². The topological polar surface area (TPSA) is 96.3 Å². The van der Waals surface area contributed by atoms with Gasteiger partial charge in [-0.15, -0.1) is 24.8 Å². The number of pyridine rings is 1.